The summed E-state index contributed by atoms with van der Waals surface area (Å²) in [7, 11) is 0. The molecule has 1 atom stereocenters. The lowest BCUT2D eigenvalue weighted by atomic mass is 10.1. The van der Waals surface area contributed by atoms with E-state index in [0.29, 0.717) is 13.1 Å². The molecule has 0 spiro atoms. The first kappa shape index (κ1) is 11.1. The summed E-state index contributed by atoms with van der Waals surface area (Å²) in [4.78, 5) is 27.1. The van der Waals surface area contributed by atoms with E-state index in [2.05, 4.69) is 6.58 Å². The van der Waals surface area contributed by atoms with Crippen molar-refractivity contribution in [2.24, 2.45) is 5.73 Å². The Morgan fingerprint density at radius 1 is 1.50 bits per heavy atom. The Balaban J connectivity index is 2.08. The maximum atomic E-state index is 12.1. The van der Waals surface area contributed by atoms with Crippen molar-refractivity contribution in [1.29, 1.82) is 0 Å². The molecule has 2 fully saturated rings. The largest absolute Gasteiger partial charge is 0.329 e. The number of carbonyl (C=O) groups is 2. The van der Waals surface area contributed by atoms with Crippen LogP contribution in [-0.4, -0.2) is 53.8 Å². The second kappa shape index (κ2) is 4.25. The van der Waals surface area contributed by atoms with E-state index in [1.807, 2.05) is 0 Å². The molecule has 2 aliphatic heterocycles. The van der Waals surface area contributed by atoms with Crippen molar-refractivity contribution >= 4 is 11.8 Å². The first-order chi connectivity index (χ1) is 7.63. The predicted octanol–water partition coefficient (Wildman–Crippen LogP) is -0.665. The highest BCUT2D eigenvalue weighted by atomic mass is 16.2. The Labute approximate surface area is 94.9 Å². The van der Waals surface area contributed by atoms with Gasteiger partial charge in [0.15, 0.2) is 0 Å². The van der Waals surface area contributed by atoms with Crippen LogP contribution in [0.2, 0.25) is 0 Å². The van der Waals surface area contributed by atoms with Crippen molar-refractivity contribution in [3.05, 3.63) is 12.2 Å². The molecule has 2 N–H and O–H groups in total. The number of piperazine rings is 1. The quantitative estimate of drug-likeness (QED) is 0.646. The van der Waals surface area contributed by atoms with E-state index in [0.717, 1.165) is 25.0 Å². The van der Waals surface area contributed by atoms with Crippen molar-refractivity contribution < 1.29 is 9.59 Å². The molecule has 0 saturated carbocycles. The lowest BCUT2D eigenvalue weighted by Crippen LogP contribution is -2.57. The van der Waals surface area contributed by atoms with Crippen molar-refractivity contribution in [1.82, 2.24) is 9.80 Å². The molecule has 16 heavy (non-hydrogen) atoms. The van der Waals surface area contributed by atoms with Crippen molar-refractivity contribution in [2.75, 3.05) is 26.2 Å². The first-order valence-electron chi connectivity index (χ1n) is 5.58. The molecule has 0 aliphatic carbocycles. The molecule has 0 radical (unpaired) electrons. The van der Waals surface area contributed by atoms with Crippen LogP contribution in [0.5, 0.6) is 0 Å². The topological polar surface area (TPSA) is 66.6 Å². The van der Waals surface area contributed by atoms with Gasteiger partial charge in [0.1, 0.15) is 12.6 Å². The number of fused-ring (bicyclic) bond motifs is 1. The zero-order valence-corrected chi connectivity index (χ0v) is 9.32. The molecule has 2 saturated heterocycles. The lowest BCUT2D eigenvalue weighted by Gasteiger charge is -2.36. The predicted molar refractivity (Wildman–Crippen MR) is 59.5 cm³/mol. The Morgan fingerprint density at radius 2 is 2.25 bits per heavy atom. The first-order valence-corrected chi connectivity index (χ1v) is 5.58. The van der Waals surface area contributed by atoms with Crippen molar-refractivity contribution in [2.45, 2.75) is 18.9 Å². The van der Waals surface area contributed by atoms with Gasteiger partial charge in [-0.25, -0.2) is 0 Å². The number of amides is 2. The minimum absolute atomic E-state index is 0.0479. The van der Waals surface area contributed by atoms with E-state index < -0.39 is 0 Å². The fourth-order valence-corrected chi connectivity index (χ4v) is 2.33. The van der Waals surface area contributed by atoms with E-state index in [1.165, 1.54) is 0 Å². The highest BCUT2D eigenvalue weighted by Crippen LogP contribution is 2.23. The third-order valence-electron chi connectivity index (χ3n) is 3.20. The molecule has 2 rings (SSSR count). The average molecular weight is 223 g/mol. The van der Waals surface area contributed by atoms with Crippen LogP contribution in [0.25, 0.3) is 0 Å². The number of carbonyl (C=O) groups excluding carboxylic acids is 2. The molecular weight excluding hydrogens is 206 g/mol. The van der Waals surface area contributed by atoms with Crippen LogP contribution in [0.15, 0.2) is 12.2 Å². The van der Waals surface area contributed by atoms with Gasteiger partial charge in [0.25, 0.3) is 0 Å². The molecule has 2 heterocycles. The molecule has 1 unspecified atom stereocenters. The van der Waals surface area contributed by atoms with Crippen LogP contribution in [0.4, 0.5) is 0 Å². The average Bonchev–Trinajstić information content (AvgIpc) is 2.74. The molecule has 0 bridgehead atoms. The summed E-state index contributed by atoms with van der Waals surface area (Å²) >= 11 is 0. The summed E-state index contributed by atoms with van der Waals surface area (Å²) in [6, 6.07) is -0.230. The molecule has 5 heteroatoms. The lowest BCUT2D eigenvalue weighted by molar-refractivity contribution is -0.153. The Bertz CT molecular complexity index is 340. The van der Waals surface area contributed by atoms with Crippen molar-refractivity contribution in [3.63, 3.8) is 0 Å². The minimum atomic E-state index is -0.230. The van der Waals surface area contributed by atoms with Crippen LogP contribution in [0.1, 0.15) is 12.8 Å². The van der Waals surface area contributed by atoms with Gasteiger partial charge in [-0.15, -0.1) is 0 Å². The van der Waals surface area contributed by atoms with E-state index in [4.69, 9.17) is 5.73 Å². The molecule has 5 nitrogen and oxygen atoms in total. The summed E-state index contributed by atoms with van der Waals surface area (Å²) < 4.78 is 0. The number of hydrogen-bond acceptors (Lipinski definition) is 3. The summed E-state index contributed by atoms with van der Waals surface area (Å²) in [5.74, 6) is 0.0959. The van der Waals surface area contributed by atoms with Gasteiger partial charge >= 0.3 is 0 Å². The summed E-state index contributed by atoms with van der Waals surface area (Å²) in [6.45, 7) is 5.43. The van der Waals surface area contributed by atoms with Gasteiger partial charge in [0.05, 0.1) is 0 Å². The van der Waals surface area contributed by atoms with Gasteiger partial charge in [0, 0.05) is 19.6 Å². The summed E-state index contributed by atoms with van der Waals surface area (Å²) in [5, 5.41) is 0. The fourth-order valence-electron chi connectivity index (χ4n) is 2.33. The standard InChI is InChI=1S/C11H17N3O2/c1-8(5-12)6-13-7-10(15)14-4-2-3-9(14)11(13)16/h9H,1-7,12H2. The molecule has 0 aromatic heterocycles. The highest BCUT2D eigenvalue weighted by Gasteiger charge is 2.41. The monoisotopic (exact) mass is 223 g/mol. The molecule has 88 valence electrons. The van der Waals surface area contributed by atoms with E-state index in [1.54, 1.807) is 9.80 Å². The molecule has 0 aromatic carbocycles. The van der Waals surface area contributed by atoms with Crippen molar-refractivity contribution in [3.8, 4) is 0 Å². The second-order valence-corrected chi connectivity index (χ2v) is 4.39. The number of rotatable bonds is 3. The third kappa shape index (κ3) is 1.82. The highest BCUT2D eigenvalue weighted by molar-refractivity contribution is 5.95. The molecular formula is C11H17N3O2. The van der Waals surface area contributed by atoms with Crippen LogP contribution in [0, 0.1) is 0 Å². The smallest absolute Gasteiger partial charge is 0.246 e. The second-order valence-electron chi connectivity index (χ2n) is 4.39. The Hall–Kier alpha value is -1.36. The Kier molecular flexibility index (Phi) is 2.96. The normalized spacial score (nSPS) is 24.9. The molecule has 2 aliphatic rings. The van der Waals surface area contributed by atoms with Gasteiger partial charge < -0.3 is 15.5 Å². The SMILES string of the molecule is C=C(CN)CN1CC(=O)N2CCCC2C1=O. The molecule has 2 amide bonds. The van der Waals surface area contributed by atoms with Gasteiger partial charge in [-0.05, 0) is 18.4 Å². The van der Waals surface area contributed by atoms with Crippen LogP contribution in [-0.2, 0) is 9.59 Å². The Morgan fingerprint density at radius 3 is 2.94 bits per heavy atom. The van der Waals surface area contributed by atoms with E-state index in [9.17, 15) is 9.59 Å². The van der Waals surface area contributed by atoms with Crippen LogP contribution < -0.4 is 5.73 Å². The minimum Gasteiger partial charge on any atom is -0.329 e. The van der Waals surface area contributed by atoms with E-state index in [-0.39, 0.29) is 24.4 Å². The molecule has 0 aromatic rings. The van der Waals surface area contributed by atoms with Gasteiger partial charge in [-0.1, -0.05) is 6.58 Å². The van der Waals surface area contributed by atoms with Gasteiger partial charge in [-0.2, -0.15) is 0 Å². The zero-order chi connectivity index (χ0) is 11.7. The number of hydrogen-bond donors (Lipinski definition) is 1. The van der Waals surface area contributed by atoms with Crippen LogP contribution in [0.3, 0.4) is 0 Å². The number of nitrogens with zero attached hydrogens (tertiary/aromatic N) is 2. The maximum absolute atomic E-state index is 12.1. The van der Waals surface area contributed by atoms with Gasteiger partial charge in [0.2, 0.25) is 11.8 Å². The summed E-state index contributed by atoms with van der Waals surface area (Å²) in [6.07, 6.45) is 1.71. The fraction of sp³-hybridized carbons (Fsp3) is 0.636. The third-order valence-corrected chi connectivity index (χ3v) is 3.20. The summed E-state index contributed by atoms with van der Waals surface area (Å²) in [5.41, 5.74) is 6.23. The zero-order valence-electron chi connectivity index (χ0n) is 9.32. The van der Waals surface area contributed by atoms with Gasteiger partial charge in [-0.3, -0.25) is 9.59 Å². The maximum Gasteiger partial charge on any atom is 0.246 e. The van der Waals surface area contributed by atoms with Crippen LogP contribution >= 0.6 is 0 Å². The van der Waals surface area contributed by atoms with E-state index >= 15 is 0 Å². The number of nitrogens with two attached hydrogens (primary N) is 1.